The fourth-order valence-corrected chi connectivity index (χ4v) is 5.80. The molecule has 0 aromatic heterocycles. The number of hydrogen-bond donors (Lipinski definition) is 0. The minimum Gasteiger partial charge on any atom is -1.00 e. The van der Waals surface area contributed by atoms with Crippen LogP contribution >= 0.6 is 0 Å². The van der Waals surface area contributed by atoms with Gasteiger partial charge in [-0.05, 0) is 39.4 Å². The molecule has 0 fully saturated rings. The maximum Gasteiger partial charge on any atom is -1.00 e. The molecule has 0 heterocycles. The van der Waals surface area contributed by atoms with E-state index in [0.29, 0.717) is 5.41 Å². The van der Waals surface area contributed by atoms with Crippen molar-refractivity contribution in [1.29, 1.82) is 0 Å². The van der Waals surface area contributed by atoms with Crippen LogP contribution in [0.15, 0.2) is 36.4 Å². The Balaban J connectivity index is 0.00000104. The van der Waals surface area contributed by atoms with Crippen molar-refractivity contribution >= 4 is 4.21 Å². The zero-order valence-electron chi connectivity index (χ0n) is 30.8. The molecule has 1 aliphatic carbocycles. The Morgan fingerprint density at radius 2 is 1.09 bits per heavy atom. The number of benzene rings is 2. The molecule has 0 nitrogen and oxygen atoms in total. The molecular weight excluding hydrogens is 655 g/mol. The summed E-state index contributed by atoms with van der Waals surface area (Å²) in [6.07, 6.45) is 2.15. The van der Waals surface area contributed by atoms with E-state index >= 15 is 0 Å². The first-order chi connectivity index (χ1) is 18.9. The van der Waals surface area contributed by atoms with Gasteiger partial charge in [-0.3, -0.25) is 0 Å². The van der Waals surface area contributed by atoms with Crippen molar-refractivity contribution in [1.82, 2.24) is 0 Å². The molecule has 3 aromatic carbocycles. The predicted octanol–water partition coefficient (Wildman–Crippen LogP) is 5.49. The fourth-order valence-electron chi connectivity index (χ4n) is 5.80. The van der Waals surface area contributed by atoms with Crippen LogP contribution in [-0.4, -0.2) is 4.21 Å². The normalized spacial score (nSPS) is 12.9. The smallest absolute Gasteiger partial charge is 1.00 e. The average molecular weight is 715 g/mol. The summed E-state index contributed by atoms with van der Waals surface area (Å²) in [5.74, 6) is 0. The van der Waals surface area contributed by atoms with Crippen LogP contribution in [0.2, 0.25) is 0 Å². The summed E-state index contributed by atoms with van der Waals surface area (Å²) in [6.45, 7) is 36.9. The van der Waals surface area contributed by atoms with E-state index < -0.39 is 0 Å². The van der Waals surface area contributed by atoms with Crippen molar-refractivity contribution in [2.75, 3.05) is 0 Å². The maximum atomic E-state index is 3.90. The summed E-state index contributed by atoms with van der Waals surface area (Å²) < 4.78 is 3.34. The molecule has 244 valence electrons. The number of halogens is 2. The quantitative estimate of drug-likeness (QED) is 0.229. The average Bonchev–Trinajstić information content (AvgIpc) is 3.46. The molecule has 0 bridgehead atoms. The van der Waals surface area contributed by atoms with Gasteiger partial charge in [0.15, 0.2) is 0 Å². The molecular formula is C41H60Cl2Zr-2. The summed E-state index contributed by atoms with van der Waals surface area (Å²) in [4.78, 5) is 0. The van der Waals surface area contributed by atoms with E-state index in [2.05, 4.69) is 157 Å². The molecule has 4 rings (SSSR count). The number of hydrogen-bond acceptors (Lipinski definition) is 0. The summed E-state index contributed by atoms with van der Waals surface area (Å²) >= 11 is 1.30. The van der Waals surface area contributed by atoms with Crippen molar-refractivity contribution in [2.24, 2.45) is 0 Å². The SMILES string of the molecule is CC(C)(C)c1[c-]c2c(cc1C(C)(C)C)-c1cc(C(C)(C)C)c(C(C)(C)C)cc1C2.CCc1cc(C(C)(C)C)c[cH-]1.[CH2]=[Zr+2].[Cl-].[Cl-]. The van der Waals surface area contributed by atoms with Gasteiger partial charge < -0.3 is 24.8 Å². The number of rotatable bonds is 1. The summed E-state index contributed by atoms with van der Waals surface area (Å²) in [5.41, 5.74) is 15.2. The van der Waals surface area contributed by atoms with Crippen LogP contribution in [0.25, 0.3) is 11.1 Å². The third-order valence-corrected chi connectivity index (χ3v) is 8.33. The first kappa shape index (κ1) is 43.1. The minimum atomic E-state index is 0. The molecule has 0 atom stereocenters. The van der Waals surface area contributed by atoms with Gasteiger partial charge in [0.2, 0.25) is 0 Å². The van der Waals surface area contributed by atoms with E-state index in [1.807, 2.05) is 0 Å². The van der Waals surface area contributed by atoms with E-state index in [1.165, 1.54) is 79.9 Å². The molecule has 0 saturated heterocycles. The van der Waals surface area contributed by atoms with Gasteiger partial charge in [0.05, 0.1) is 0 Å². The second kappa shape index (κ2) is 15.3. The van der Waals surface area contributed by atoms with Crippen molar-refractivity contribution in [3.8, 4) is 11.1 Å². The molecule has 0 N–H and O–H groups in total. The Labute approximate surface area is 300 Å². The Morgan fingerprint density at radius 3 is 1.45 bits per heavy atom. The monoisotopic (exact) mass is 712 g/mol. The van der Waals surface area contributed by atoms with Gasteiger partial charge >= 0.3 is 28.4 Å². The van der Waals surface area contributed by atoms with Gasteiger partial charge in [-0.15, -0.1) is 16.7 Å². The third-order valence-electron chi connectivity index (χ3n) is 8.33. The summed E-state index contributed by atoms with van der Waals surface area (Å²) in [5, 5.41) is 0. The van der Waals surface area contributed by atoms with E-state index in [1.54, 1.807) is 0 Å². The largest absolute Gasteiger partial charge is 1.00 e. The second-order valence-electron chi connectivity index (χ2n) is 17.3. The molecule has 3 heteroatoms. The third kappa shape index (κ3) is 10.3. The Hall–Kier alpha value is -0.877. The maximum absolute atomic E-state index is 3.90. The van der Waals surface area contributed by atoms with Crippen molar-refractivity contribution < 1.29 is 49.0 Å². The van der Waals surface area contributed by atoms with Gasteiger partial charge in [0, 0.05) is 0 Å². The van der Waals surface area contributed by atoms with Gasteiger partial charge in [0.25, 0.3) is 0 Å². The first-order valence-corrected chi connectivity index (χ1v) is 17.6. The summed E-state index contributed by atoms with van der Waals surface area (Å²) in [6, 6.07) is 18.2. The minimum absolute atomic E-state index is 0. The van der Waals surface area contributed by atoms with Gasteiger partial charge in [0.1, 0.15) is 0 Å². The molecule has 0 radical (unpaired) electrons. The van der Waals surface area contributed by atoms with Gasteiger partial charge in [-0.1, -0.05) is 146 Å². The zero-order chi connectivity index (χ0) is 32.6. The van der Waals surface area contributed by atoms with Crippen LogP contribution < -0.4 is 24.8 Å². The van der Waals surface area contributed by atoms with Crippen molar-refractivity contribution in [3.05, 3.63) is 87.0 Å². The molecule has 0 amide bonds. The van der Waals surface area contributed by atoms with Gasteiger partial charge in [-0.25, -0.2) is 6.07 Å². The molecule has 44 heavy (non-hydrogen) atoms. The van der Waals surface area contributed by atoms with E-state index in [9.17, 15) is 0 Å². The van der Waals surface area contributed by atoms with E-state index in [4.69, 9.17) is 0 Å². The number of aryl methyl sites for hydroxylation is 1. The Bertz CT molecular complexity index is 1290. The second-order valence-corrected chi connectivity index (χ2v) is 17.3. The fraction of sp³-hybridized carbons (Fsp3) is 0.561. The van der Waals surface area contributed by atoms with Crippen LogP contribution in [0.5, 0.6) is 0 Å². The Kier molecular flexibility index (Phi) is 15.0. The molecule has 0 aliphatic heterocycles. The van der Waals surface area contributed by atoms with Crippen LogP contribution in [0.1, 0.15) is 155 Å². The standard InChI is InChI=1S/C29H41.C11H17.CH2.2ClH.Zr/c1-26(2,3)22-14-18-13-19-15-23(27(4,5)6)25(29(10,11)12)17-21(19)20(18)16-24(22)28(7,8)9;1-5-9-6-7-10(8-9)11(2,3)4;;;;/h14,16-17H,13H2,1-12H3;6-8H,5H2,1-4H3;1H2;2*1H;/q2*-1;;;;+2/p-2. The zero-order valence-corrected chi connectivity index (χ0v) is 34.8. The Morgan fingerprint density at radius 1 is 0.636 bits per heavy atom. The predicted molar refractivity (Wildman–Crippen MR) is 186 cm³/mol. The first-order valence-electron chi connectivity index (χ1n) is 15.8. The van der Waals surface area contributed by atoms with E-state index in [-0.39, 0.29) is 46.5 Å². The van der Waals surface area contributed by atoms with E-state index in [0.717, 1.165) is 12.8 Å². The van der Waals surface area contributed by atoms with Gasteiger partial charge in [-0.2, -0.15) is 41.0 Å². The topological polar surface area (TPSA) is 0 Å². The van der Waals surface area contributed by atoms with Crippen LogP contribution in [0.4, 0.5) is 0 Å². The molecule has 0 saturated carbocycles. The van der Waals surface area contributed by atoms with Crippen LogP contribution in [0.3, 0.4) is 0 Å². The van der Waals surface area contributed by atoms with Crippen LogP contribution in [-0.2, 0) is 64.2 Å². The molecule has 0 unspecified atom stereocenters. The molecule has 0 spiro atoms. The number of fused-ring (bicyclic) bond motifs is 3. The summed E-state index contributed by atoms with van der Waals surface area (Å²) in [7, 11) is 0. The molecule has 1 aliphatic rings. The van der Waals surface area contributed by atoms with Crippen molar-refractivity contribution in [3.63, 3.8) is 0 Å². The van der Waals surface area contributed by atoms with Crippen molar-refractivity contribution in [2.45, 2.75) is 151 Å². The van der Waals surface area contributed by atoms with Crippen LogP contribution in [0, 0.1) is 6.07 Å². The molecule has 3 aromatic rings.